The van der Waals surface area contributed by atoms with Crippen molar-refractivity contribution in [1.29, 1.82) is 0 Å². The van der Waals surface area contributed by atoms with Crippen LogP contribution in [0.15, 0.2) is 0 Å². The van der Waals surface area contributed by atoms with Gasteiger partial charge in [-0.15, -0.1) is 0 Å². The Morgan fingerprint density at radius 3 is 1.04 bits per heavy atom. The van der Waals surface area contributed by atoms with E-state index in [1.807, 2.05) is 0 Å². The van der Waals surface area contributed by atoms with E-state index >= 15 is 0 Å². The summed E-state index contributed by atoms with van der Waals surface area (Å²) in [7, 11) is 0. The third-order valence-electron chi connectivity index (χ3n) is 6.54. The maximum Gasteiger partial charge on any atom is -0.0414 e. The molecule has 0 aliphatic rings. The molecule has 0 heterocycles. The lowest BCUT2D eigenvalue weighted by atomic mass is 9.90. The molecule has 1 radical (unpaired) electrons. The van der Waals surface area contributed by atoms with Gasteiger partial charge in [0.1, 0.15) is 0 Å². The van der Waals surface area contributed by atoms with E-state index in [9.17, 15) is 0 Å². The largest absolute Gasteiger partial charge is 0.0654 e. The van der Waals surface area contributed by atoms with E-state index < -0.39 is 0 Å². The molecule has 1 atom stereocenters. The summed E-state index contributed by atoms with van der Waals surface area (Å²) in [4.78, 5) is 0. The van der Waals surface area contributed by atoms with Crippen molar-refractivity contribution in [3.8, 4) is 0 Å². The molecule has 0 aromatic carbocycles. The predicted octanol–water partition coefficient (Wildman–Crippen LogP) is 10.8. The Hall–Kier alpha value is 0. The third kappa shape index (κ3) is 22.3. The van der Waals surface area contributed by atoms with Crippen molar-refractivity contribution in [2.75, 3.05) is 0 Å². The van der Waals surface area contributed by atoms with E-state index in [0.29, 0.717) is 0 Å². The van der Waals surface area contributed by atoms with Crippen molar-refractivity contribution in [2.24, 2.45) is 5.92 Å². The van der Waals surface area contributed by atoms with Gasteiger partial charge in [-0.2, -0.15) is 0 Å². The van der Waals surface area contributed by atoms with Gasteiger partial charge < -0.3 is 0 Å². The standard InChI is InChI=1S/C28H57/c1-4-7-10-12-13-14-15-16-17-18-19-20-21-24-27-28(25-22-9-6-3)26-23-11-8-5-2/h28H,3-27H2,1-2H3. The second-order valence-electron chi connectivity index (χ2n) is 9.45. The average molecular weight is 394 g/mol. The van der Waals surface area contributed by atoms with Crippen LogP contribution in [0.3, 0.4) is 0 Å². The van der Waals surface area contributed by atoms with Gasteiger partial charge in [-0.25, -0.2) is 0 Å². The molecule has 0 nitrogen and oxygen atoms in total. The van der Waals surface area contributed by atoms with Crippen LogP contribution in [0.2, 0.25) is 0 Å². The maximum atomic E-state index is 4.01. The first-order valence-corrected chi connectivity index (χ1v) is 13.6. The van der Waals surface area contributed by atoms with Gasteiger partial charge in [0.2, 0.25) is 0 Å². The zero-order valence-electron chi connectivity index (χ0n) is 20.3. The summed E-state index contributed by atoms with van der Waals surface area (Å²) in [5.41, 5.74) is 0. The number of hydrogen-bond donors (Lipinski definition) is 0. The molecule has 0 aliphatic carbocycles. The van der Waals surface area contributed by atoms with Crippen LogP contribution in [0.4, 0.5) is 0 Å². The molecule has 0 aliphatic heterocycles. The van der Waals surface area contributed by atoms with Crippen LogP contribution in [0.25, 0.3) is 0 Å². The molecule has 0 rings (SSSR count). The Kier molecular flexibility index (Phi) is 25.0. The SMILES string of the molecule is [CH2]CCCCC(CCCCCC)CCCCCCCCCCCCCCCC. The first kappa shape index (κ1) is 28.0. The van der Waals surface area contributed by atoms with Crippen molar-refractivity contribution in [2.45, 2.75) is 168 Å². The molecule has 0 aromatic heterocycles. The summed E-state index contributed by atoms with van der Waals surface area (Å²) < 4.78 is 0. The Morgan fingerprint density at radius 2 is 0.679 bits per heavy atom. The summed E-state index contributed by atoms with van der Waals surface area (Å²) in [5, 5.41) is 0. The van der Waals surface area contributed by atoms with Gasteiger partial charge in [0.25, 0.3) is 0 Å². The number of rotatable bonds is 24. The van der Waals surface area contributed by atoms with Crippen LogP contribution >= 0.6 is 0 Å². The minimum atomic E-state index is 1.01. The third-order valence-corrected chi connectivity index (χ3v) is 6.54. The molecule has 0 amide bonds. The molecule has 0 saturated heterocycles. The van der Waals surface area contributed by atoms with Crippen LogP contribution in [0.1, 0.15) is 168 Å². The topological polar surface area (TPSA) is 0 Å². The van der Waals surface area contributed by atoms with Crippen molar-refractivity contribution >= 4 is 0 Å². The van der Waals surface area contributed by atoms with E-state index in [1.165, 1.54) is 148 Å². The van der Waals surface area contributed by atoms with E-state index in [0.717, 1.165) is 12.3 Å². The molecule has 0 aromatic rings. The van der Waals surface area contributed by atoms with Crippen molar-refractivity contribution in [3.63, 3.8) is 0 Å². The lowest BCUT2D eigenvalue weighted by Gasteiger charge is -2.16. The van der Waals surface area contributed by atoms with Crippen molar-refractivity contribution < 1.29 is 0 Å². The highest BCUT2D eigenvalue weighted by atomic mass is 14.1. The highest BCUT2D eigenvalue weighted by molar-refractivity contribution is 4.62. The molecule has 28 heavy (non-hydrogen) atoms. The normalized spacial score (nSPS) is 12.5. The Bertz CT molecular complexity index is 257. The maximum absolute atomic E-state index is 4.01. The average Bonchev–Trinajstić information content (AvgIpc) is 2.71. The minimum absolute atomic E-state index is 1.01. The van der Waals surface area contributed by atoms with Crippen LogP contribution in [0.5, 0.6) is 0 Å². The first-order valence-electron chi connectivity index (χ1n) is 13.6. The van der Waals surface area contributed by atoms with Crippen LogP contribution in [-0.2, 0) is 0 Å². The molecular weight excluding hydrogens is 336 g/mol. The number of unbranched alkanes of at least 4 members (excludes halogenated alkanes) is 18. The van der Waals surface area contributed by atoms with Crippen molar-refractivity contribution in [1.82, 2.24) is 0 Å². The fourth-order valence-corrected chi connectivity index (χ4v) is 4.53. The summed E-state index contributed by atoms with van der Waals surface area (Å²) in [6.45, 7) is 8.64. The van der Waals surface area contributed by atoms with Crippen LogP contribution in [0, 0.1) is 12.8 Å². The molecule has 1 unspecified atom stereocenters. The van der Waals surface area contributed by atoms with Gasteiger partial charge >= 0.3 is 0 Å². The lowest BCUT2D eigenvalue weighted by Crippen LogP contribution is -2.01. The predicted molar refractivity (Wildman–Crippen MR) is 131 cm³/mol. The van der Waals surface area contributed by atoms with E-state index in [4.69, 9.17) is 0 Å². The molecule has 169 valence electrons. The second-order valence-corrected chi connectivity index (χ2v) is 9.45. The van der Waals surface area contributed by atoms with E-state index in [1.54, 1.807) is 0 Å². The summed E-state index contributed by atoms with van der Waals surface area (Å²) in [6.07, 6.45) is 34.7. The lowest BCUT2D eigenvalue weighted by molar-refractivity contribution is 0.369. The molecule has 0 N–H and O–H groups in total. The highest BCUT2D eigenvalue weighted by Gasteiger charge is 2.08. The van der Waals surface area contributed by atoms with E-state index in [-0.39, 0.29) is 0 Å². The summed E-state index contributed by atoms with van der Waals surface area (Å²) >= 11 is 0. The first-order chi connectivity index (χ1) is 13.8. The fourth-order valence-electron chi connectivity index (χ4n) is 4.53. The highest BCUT2D eigenvalue weighted by Crippen LogP contribution is 2.24. The van der Waals surface area contributed by atoms with Gasteiger partial charge in [-0.1, -0.05) is 175 Å². The van der Waals surface area contributed by atoms with Crippen molar-refractivity contribution in [3.05, 3.63) is 6.92 Å². The van der Waals surface area contributed by atoms with Gasteiger partial charge in [0, 0.05) is 0 Å². The van der Waals surface area contributed by atoms with E-state index in [2.05, 4.69) is 20.8 Å². The molecule has 0 fully saturated rings. The zero-order chi connectivity index (χ0) is 20.5. The quantitative estimate of drug-likeness (QED) is 0.143. The van der Waals surface area contributed by atoms with Gasteiger partial charge in [-0.05, 0) is 5.92 Å². The monoisotopic (exact) mass is 393 g/mol. The Labute approximate surface area is 181 Å². The van der Waals surface area contributed by atoms with Crippen LogP contribution in [-0.4, -0.2) is 0 Å². The molecule has 0 bridgehead atoms. The number of hydrogen-bond acceptors (Lipinski definition) is 0. The zero-order valence-corrected chi connectivity index (χ0v) is 20.3. The Balaban J connectivity index is 3.44. The summed E-state index contributed by atoms with van der Waals surface area (Å²) in [5.74, 6) is 1.01. The van der Waals surface area contributed by atoms with Gasteiger partial charge in [-0.3, -0.25) is 0 Å². The smallest absolute Gasteiger partial charge is 0.0414 e. The molecule has 0 heteroatoms. The minimum Gasteiger partial charge on any atom is -0.0654 e. The molecular formula is C28H57. The fraction of sp³-hybridized carbons (Fsp3) is 0.964. The van der Waals surface area contributed by atoms with Gasteiger partial charge in [0.15, 0.2) is 0 Å². The Morgan fingerprint density at radius 1 is 0.393 bits per heavy atom. The van der Waals surface area contributed by atoms with Gasteiger partial charge in [0.05, 0.1) is 0 Å². The molecule has 0 spiro atoms. The summed E-state index contributed by atoms with van der Waals surface area (Å²) in [6, 6.07) is 0. The second kappa shape index (κ2) is 25.0. The van der Waals surface area contributed by atoms with Crippen LogP contribution < -0.4 is 0 Å². The molecule has 0 saturated carbocycles.